The van der Waals surface area contributed by atoms with Crippen LogP contribution in [0.25, 0.3) is 0 Å². The molecule has 96 valence electrons. The van der Waals surface area contributed by atoms with Crippen molar-refractivity contribution in [2.24, 2.45) is 0 Å². The van der Waals surface area contributed by atoms with Crippen molar-refractivity contribution in [3.63, 3.8) is 0 Å². The van der Waals surface area contributed by atoms with E-state index in [1.807, 2.05) is 6.92 Å². The number of ether oxygens (including phenoxy) is 1. The number of hydrogen-bond donors (Lipinski definition) is 1. The van der Waals surface area contributed by atoms with E-state index in [2.05, 4.69) is 28.0 Å². The SMILES string of the molecule is CCNc1nc(C)cn1CCOC1CCCC1. The first-order chi connectivity index (χ1) is 8.29. The van der Waals surface area contributed by atoms with E-state index in [1.165, 1.54) is 25.7 Å². The Kier molecular flexibility index (Phi) is 4.42. The lowest BCUT2D eigenvalue weighted by Gasteiger charge is -2.12. The third kappa shape index (κ3) is 3.46. The molecule has 1 aliphatic rings. The summed E-state index contributed by atoms with van der Waals surface area (Å²) in [7, 11) is 0. The van der Waals surface area contributed by atoms with Crippen LogP contribution in [-0.2, 0) is 11.3 Å². The van der Waals surface area contributed by atoms with Crippen molar-refractivity contribution in [1.29, 1.82) is 0 Å². The molecular weight excluding hydrogens is 214 g/mol. The summed E-state index contributed by atoms with van der Waals surface area (Å²) in [4.78, 5) is 4.45. The van der Waals surface area contributed by atoms with Crippen molar-refractivity contribution in [3.8, 4) is 0 Å². The molecule has 1 aliphatic carbocycles. The largest absolute Gasteiger partial charge is 0.376 e. The van der Waals surface area contributed by atoms with Crippen molar-refractivity contribution in [2.75, 3.05) is 18.5 Å². The summed E-state index contributed by atoms with van der Waals surface area (Å²) in [6, 6.07) is 0. The first-order valence-electron chi connectivity index (χ1n) is 6.69. The number of rotatable bonds is 6. The second kappa shape index (κ2) is 6.05. The van der Waals surface area contributed by atoms with E-state index in [0.29, 0.717) is 6.10 Å². The molecule has 1 aromatic heterocycles. The highest BCUT2D eigenvalue weighted by atomic mass is 16.5. The number of anilines is 1. The van der Waals surface area contributed by atoms with Crippen molar-refractivity contribution >= 4 is 5.95 Å². The van der Waals surface area contributed by atoms with Gasteiger partial charge in [0.05, 0.1) is 18.4 Å². The van der Waals surface area contributed by atoms with Crippen LogP contribution in [0.1, 0.15) is 38.3 Å². The first-order valence-corrected chi connectivity index (χ1v) is 6.69. The highest BCUT2D eigenvalue weighted by Gasteiger charge is 2.15. The predicted molar refractivity (Wildman–Crippen MR) is 69.3 cm³/mol. The maximum Gasteiger partial charge on any atom is 0.203 e. The molecule has 0 saturated heterocycles. The average molecular weight is 237 g/mol. The molecule has 1 fully saturated rings. The van der Waals surface area contributed by atoms with Gasteiger partial charge in [-0.2, -0.15) is 0 Å². The van der Waals surface area contributed by atoms with E-state index < -0.39 is 0 Å². The summed E-state index contributed by atoms with van der Waals surface area (Å²) < 4.78 is 8.02. The molecule has 0 radical (unpaired) electrons. The number of aromatic nitrogens is 2. The monoisotopic (exact) mass is 237 g/mol. The summed E-state index contributed by atoms with van der Waals surface area (Å²) in [5.41, 5.74) is 1.06. The zero-order valence-corrected chi connectivity index (χ0v) is 10.9. The van der Waals surface area contributed by atoms with Gasteiger partial charge in [0, 0.05) is 19.3 Å². The molecular formula is C13H23N3O. The molecule has 0 aliphatic heterocycles. The summed E-state index contributed by atoms with van der Waals surface area (Å²) in [5.74, 6) is 0.958. The quantitative estimate of drug-likeness (QED) is 0.826. The summed E-state index contributed by atoms with van der Waals surface area (Å²) >= 11 is 0. The van der Waals surface area contributed by atoms with E-state index in [0.717, 1.165) is 31.3 Å². The van der Waals surface area contributed by atoms with Gasteiger partial charge in [0.2, 0.25) is 5.95 Å². The lowest BCUT2D eigenvalue weighted by atomic mass is 10.3. The second-order valence-electron chi connectivity index (χ2n) is 4.71. The van der Waals surface area contributed by atoms with E-state index in [4.69, 9.17) is 4.74 Å². The van der Waals surface area contributed by atoms with Gasteiger partial charge in [0.25, 0.3) is 0 Å². The molecule has 0 amide bonds. The smallest absolute Gasteiger partial charge is 0.203 e. The van der Waals surface area contributed by atoms with Crippen LogP contribution in [0.2, 0.25) is 0 Å². The van der Waals surface area contributed by atoms with Crippen LogP contribution in [0, 0.1) is 6.92 Å². The molecule has 1 saturated carbocycles. The van der Waals surface area contributed by atoms with Crippen LogP contribution >= 0.6 is 0 Å². The first kappa shape index (κ1) is 12.4. The minimum absolute atomic E-state index is 0.502. The molecule has 1 aromatic rings. The van der Waals surface area contributed by atoms with Crippen LogP contribution in [0.4, 0.5) is 5.95 Å². The maximum absolute atomic E-state index is 5.87. The van der Waals surface area contributed by atoms with Gasteiger partial charge in [-0.3, -0.25) is 0 Å². The molecule has 1 N–H and O–H groups in total. The highest BCUT2D eigenvalue weighted by Crippen LogP contribution is 2.20. The zero-order chi connectivity index (χ0) is 12.1. The van der Waals surface area contributed by atoms with Gasteiger partial charge in [-0.1, -0.05) is 12.8 Å². The third-order valence-electron chi connectivity index (χ3n) is 3.22. The molecule has 0 bridgehead atoms. The predicted octanol–water partition coefficient (Wildman–Crippen LogP) is 2.58. The zero-order valence-electron chi connectivity index (χ0n) is 10.9. The van der Waals surface area contributed by atoms with Crippen LogP contribution in [0.15, 0.2) is 6.20 Å². The van der Waals surface area contributed by atoms with Gasteiger partial charge in [0.15, 0.2) is 0 Å². The van der Waals surface area contributed by atoms with Gasteiger partial charge >= 0.3 is 0 Å². The minimum Gasteiger partial charge on any atom is -0.376 e. The van der Waals surface area contributed by atoms with Gasteiger partial charge in [-0.25, -0.2) is 4.98 Å². The fraction of sp³-hybridized carbons (Fsp3) is 0.769. The second-order valence-corrected chi connectivity index (χ2v) is 4.71. The standard InChI is InChI=1S/C13H23N3O/c1-3-14-13-15-11(2)10-16(13)8-9-17-12-6-4-5-7-12/h10,12H,3-9H2,1-2H3,(H,14,15). The van der Waals surface area contributed by atoms with Crippen LogP contribution in [0.5, 0.6) is 0 Å². The lowest BCUT2D eigenvalue weighted by Crippen LogP contribution is -2.14. The molecule has 0 atom stereocenters. The Balaban J connectivity index is 1.80. The normalized spacial score (nSPS) is 16.6. The van der Waals surface area contributed by atoms with Crippen LogP contribution < -0.4 is 5.32 Å². The number of nitrogens with zero attached hydrogens (tertiary/aromatic N) is 2. The van der Waals surface area contributed by atoms with E-state index in [9.17, 15) is 0 Å². The lowest BCUT2D eigenvalue weighted by molar-refractivity contribution is 0.0532. The Morgan fingerprint density at radius 2 is 2.24 bits per heavy atom. The van der Waals surface area contributed by atoms with E-state index in [-0.39, 0.29) is 0 Å². The van der Waals surface area contributed by atoms with Crippen molar-refractivity contribution in [3.05, 3.63) is 11.9 Å². The summed E-state index contributed by atoms with van der Waals surface area (Å²) in [5, 5.41) is 3.27. The summed E-state index contributed by atoms with van der Waals surface area (Å²) in [6.07, 6.45) is 7.72. The number of imidazole rings is 1. The Labute approximate surface area is 103 Å². The topological polar surface area (TPSA) is 39.1 Å². The van der Waals surface area contributed by atoms with Crippen molar-refractivity contribution in [1.82, 2.24) is 9.55 Å². The van der Waals surface area contributed by atoms with Crippen molar-refractivity contribution < 1.29 is 4.74 Å². The fourth-order valence-corrected chi connectivity index (χ4v) is 2.39. The molecule has 17 heavy (non-hydrogen) atoms. The maximum atomic E-state index is 5.87. The summed E-state index contributed by atoms with van der Waals surface area (Å²) in [6.45, 7) is 6.69. The fourth-order valence-electron chi connectivity index (χ4n) is 2.39. The van der Waals surface area contributed by atoms with Crippen LogP contribution in [0.3, 0.4) is 0 Å². The number of hydrogen-bond acceptors (Lipinski definition) is 3. The molecule has 4 heteroatoms. The van der Waals surface area contributed by atoms with Gasteiger partial charge in [0.1, 0.15) is 0 Å². The molecule has 1 heterocycles. The van der Waals surface area contributed by atoms with E-state index >= 15 is 0 Å². The molecule has 4 nitrogen and oxygen atoms in total. The third-order valence-corrected chi connectivity index (χ3v) is 3.22. The molecule has 2 rings (SSSR count). The van der Waals surface area contributed by atoms with E-state index in [1.54, 1.807) is 0 Å². The van der Waals surface area contributed by atoms with Gasteiger partial charge < -0.3 is 14.6 Å². The molecule has 0 aromatic carbocycles. The van der Waals surface area contributed by atoms with Gasteiger partial charge in [-0.05, 0) is 26.7 Å². The molecule has 0 spiro atoms. The highest BCUT2D eigenvalue weighted by molar-refractivity contribution is 5.28. The minimum atomic E-state index is 0.502. The Hall–Kier alpha value is -1.03. The van der Waals surface area contributed by atoms with Crippen LogP contribution in [-0.4, -0.2) is 28.8 Å². The van der Waals surface area contributed by atoms with Crippen molar-refractivity contribution in [2.45, 2.75) is 52.2 Å². The number of nitrogens with one attached hydrogen (secondary N) is 1. The molecule has 0 unspecified atom stereocenters. The Morgan fingerprint density at radius 3 is 2.94 bits per heavy atom. The number of aryl methyl sites for hydroxylation is 1. The van der Waals surface area contributed by atoms with Gasteiger partial charge in [-0.15, -0.1) is 0 Å². The average Bonchev–Trinajstić information content (AvgIpc) is 2.90. The Bertz CT molecular complexity index is 342. The Morgan fingerprint density at radius 1 is 1.47 bits per heavy atom.